The van der Waals surface area contributed by atoms with E-state index in [9.17, 15) is 0 Å². The third-order valence-electron chi connectivity index (χ3n) is 5.05. The normalized spacial score (nSPS) is 13.1. The van der Waals surface area contributed by atoms with E-state index in [1.165, 1.54) is 11.1 Å². The highest BCUT2D eigenvalue weighted by Gasteiger charge is 2.20. The SMILES string of the molecule is CCCCC(OC(CCCC)c1cccc(OCC)c1)c1cccc(OCC)c1. The van der Waals surface area contributed by atoms with Gasteiger partial charge in [-0.3, -0.25) is 0 Å². The summed E-state index contributed by atoms with van der Waals surface area (Å²) in [5.74, 6) is 1.83. The van der Waals surface area contributed by atoms with Crippen LogP contribution in [-0.2, 0) is 4.74 Å². The summed E-state index contributed by atoms with van der Waals surface area (Å²) >= 11 is 0. The first kappa shape index (κ1) is 23.3. The van der Waals surface area contributed by atoms with Crippen molar-refractivity contribution in [2.45, 2.75) is 78.4 Å². The van der Waals surface area contributed by atoms with E-state index >= 15 is 0 Å². The minimum Gasteiger partial charge on any atom is -0.494 e. The molecule has 2 aromatic carbocycles. The smallest absolute Gasteiger partial charge is 0.119 e. The molecular weight excluding hydrogens is 360 g/mol. The largest absolute Gasteiger partial charge is 0.494 e. The van der Waals surface area contributed by atoms with Crippen LogP contribution in [0.25, 0.3) is 0 Å². The number of hydrogen-bond acceptors (Lipinski definition) is 3. The van der Waals surface area contributed by atoms with Gasteiger partial charge in [-0.25, -0.2) is 0 Å². The maximum Gasteiger partial charge on any atom is 0.119 e. The first-order valence-electron chi connectivity index (χ1n) is 11.3. The Balaban J connectivity index is 2.27. The number of unbranched alkanes of at least 4 members (excludes halogenated alkanes) is 2. The zero-order valence-corrected chi connectivity index (χ0v) is 18.7. The molecule has 0 N–H and O–H groups in total. The van der Waals surface area contributed by atoms with E-state index in [0.29, 0.717) is 13.2 Å². The van der Waals surface area contributed by atoms with Crippen LogP contribution < -0.4 is 9.47 Å². The minimum atomic E-state index is 0.0629. The average molecular weight is 399 g/mol. The monoisotopic (exact) mass is 398 g/mol. The molecule has 2 unspecified atom stereocenters. The van der Waals surface area contributed by atoms with E-state index in [1.54, 1.807) is 0 Å². The molecule has 0 spiro atoms. The zero-order valence-electron chi connectivity index (χ0n) is 18.7. The lowest BCUT2D eigenvalue weighted by atomic mass is 10.00. The highest BCUT2D eigenvalue weighted by atomic mass is 16.5. The molecule has 2 atom stereocenters. The molecule has 0 radical (unpaired) electrons. The summed E-state index contributed by atoms with van der Waals surface area (Å²) in [5.41, 5.74) is 2.40. The van der Waals surface area contributed by atoms with Gasteiger partial charge >= 0.3 is 0 Å². The van der Waals surface area contributed by atoms with Crippen molar-refractivity contribution in [2.24, 2.45) is 0 Å². The van der Waals surface area contributed by atoms with Gasteiger partial charge in [0.1, 0.15) is 11.5 Å². The predicted molar refractivity (Wildman–Crippen MR) is 121 cm³/mol. The molecule has 2 rings (SSSR count). The van der Waals surface area contributed by atoms with E-state index in [2.05, 4.69) is 50.2 Å². The minimum absolute atomic E-state index is 0.0629. The van der Waals surface area contributed by atoms with Gasteiger partial charge in [0.05, 0.1) is 25.4 Å². The van der Waals surface area contributed by atoms with Crippen molar-refractivity contribution in [1.29, 1.82) is 0 Å². The number of ether oxygens (including phenoxy) is 3. The molecular formula is C26H38O3. The molecule has 0 aromatic heterocycles. The van der Waals surface area contributed by atoms with Crippen LogP contribution in [0, 0.1) is 0 Å². The number of rotatable bonds is 14. The van der Waals surface area contributed by atoms with Gasteiger partial charge in [-0.15, -0.1) is 0 Å². The Bertz CT molecular complexity index is 638. The quantitative estimate of drug-likeness (QED) is 0.327. The fraction of sp³-hybridized carbons (Fsp3) is 0.538. The number of benzene rings is 2. The van der Waals surface area contributed by atoms with Crippen LogP contribution in [-0.4, -0.2) is 13.2 Å². The molecule has 0 aliphatic carbocycles. The second-order valence-electron chi connectivity index (χ2n) is 7.41. The molecule has 0 saturated carbocycles. The Morgan fingerprint density at radius 2 is 1.10 bits per heavy atom. The molecule has 0 aliphatic heterocycles. The van der Waals surface area contributed by atoms with Crippen molar-refractivity contribution >= 4 is 0 Å². The fourth-order valence-corrected chi connectivity index (χ4v) is 3.55. The van der Waals surface area contributed by atoms with E-state index in [4.69, 9.17) is 14.2 Å². The lowest BCUT2D eigenvalue weighted by Gasteiger charge is -2.26. The van der Waals surface area contributed by atoms with Crippen LogP contribution in [0.1, 0.15) is 89.6 Å². The summed E-state index contributed by atoms with van der Waals surface area (Å²) < 4.78 is 18.2. The molecule has 0 aliphatic rings. The van der Waals surface area contributed by atoms with Crippen molar-refractivity contribution in [3.63, 3.8) is 0 Å². The van der Waals surface area contributed by atoms with Gasteiger partial charge in [0, 0.05) is 0 Å². The highest BCUT2D eigenvalue weighted by molar-refractivity contribution is 5.32. The van der Waals surface area contributed by atoms with Crippen LogP contribution >= 0.6 is 0 Å². The molecule has 0 heterocycles. The standard InChI is InChI=1S/C26H38O3/c1-5-9-17-25(21-13-11-15-23(19-21)27-7-3)29-26(18-10-6-2)22-14-12-16-24(20-22)28-8-4/h11-16,19-20,25-26H,5-10,17-18H2,1-4H3. The van der Waals surface area contributed by atoms with Gasteiger partial charge in [0.2, 0.25) is 0 Å². The first-order valence-corrected chi connectivity index (χ1v) is 11.3. The van der Waals surface area contributed by atoms with Crippen molar-refractivity contribution < 1.29 is 14.2 Å². The Morgan fingerprint density at radius 3 is 1.48 bits per heavy atom. The maximum atomic E-state index is 6.78. The van der Waals surface area contributed by atoms with E-state index in [1.807, 2.05) is 26.0 Å². The van der Waals surface area contributed by atoms with E-state index < -0.39 is 0 Å². The van der Waals surface area contributed by atoms with E-state index in [-0.39, 0.29) is 12.2 Å². The summed E-state index contributed by atoms with van der Waals surface area (Å²) in [6, 6.07) is 16.8. The lowest BCUT2D eigenvalue weighted by molar-refractivity contribution is -0.0262. The molecule has 3 heteroatoms. The summed E-state index contributed by atoms with van der Waals surface area (Å²) in [6.07, 6.45) is 6.75. The first-order chi connectivity index (χ1) is 14.2. The topological polar surface area (TPSA) is 27.7 Å². The van der Waals surface area contributed by atoms with Crippen molar-refractivity contribution in [3.05, 3.63) is 59.7 Å². The van der Waals surface area contributed by atoms with Crippen molar-refractivity contribution in [3.8, 4) is 11.5 Å². The summed E-state index contributed by atoms with van der Waals surface area (Å²) in [5, 5.41) is 0. The van der Waals surface area contributed by atoms with Gasteiger partial charge in [-0.2, -0.15) is 0 Å². The van der Waals surface area contributed by atoms with Crippen LogP contribution in [0.2, 0.25) is 0 Å². The van der Waals surface area contributed by atoms with Crippen LogP contribution in [0.4, 0.5) is 0 Å². The molecule has 0 fully saturated rings. The molecule has 0 saturated heterocycles. The summed E-state index contributed by atoms with van der Waals surface area (Å²) in [6.45, 7) is 9.84. The lowest BCUT2D eigenvalue weighted by Crippen LogP contribution is -2.12. The Kier molecular flexibility index (Phi) is 10.6. The van der Waals surface area contributed by atoms with Crippen LogP contribution in [0.15, 0.2) is 48.5 Å². The van der Waals surface area contributed by atoms with Crippen LogP contribution in [0.5, 0.6) is 11.5 Å². The highest BCUT2D eigenvalue weighted by Crippen LogP contribution is 2.35. The van der Waals surface area contributed by atoms with E-state index in [0.717, 1.165) is 50.0 Å². The third kappa shape index (κ3) is 7.74. The summed E-state index contributed by atoms with van der Waals surface area (Å²) in [7, 11) is 0. The molecule has 2 aromatic rings. The van der Waals surface area contributed by atoms with Crippen LogP contribution in [0.3, 0.4) is 0 Å². The second kappa shape index (κ2) is 13.3. The van der Waals surface area contributed by atoms with Crippen molar-refractivity contribution in [1.82, 2.24) is 0 Å². The Morgan fingerprint density at radius 1 is 0.655 bits per heavy atom. The summed E-state index contributed by atoms with van der Waals surface area (Å²) in [4.78, 5) is 0. The second-order valence-corrected chi connectivity index (χ2v) is 7.41. The molecule has 3 nitrogen and oxygen atoms in total. The maximum absolute atomic E-state index is 6.78. The van der Waals surface area contributed by atoms with Gasteiger partial charge in [0.15, 0.2) is 0 Å². The Labute approximate surface area is 177 Å². The van der Waals surface area contributed by atoms with Gasteiger partial charge < -0.3 is 14.2 Å². The Hall–Kier alpha value is -2.00. The van der Waals surface area contributed by atoms with Gasteiger partial charge in [0.25, 0.3) is 0 Å². The van der Waals surface area contributed by atoms with Gasteiger partial charge in [-0.1, -0.05) is 63.8 Å². The number of hydrogen-bond donors (Lipinski definition) is 0. The zero-order chi connectivity index (χ0) is 20.9. The molecule has 160 valence electrons. The fourth-order valence-electron chi connectivity index (χ4n) is 3.55. The average Bonchev–Trinajstić information content (AvgIpc) is 2.74. The predicted octanol–water partition coefficient (Wildman–Crippen LogP) is 7.66. The van der Waals surface area contributed by atoms with Gasteiger partial charge in [-0.05, 0) is 62.1 Å². The molecule has 29 heavy (non-hydrogen) atoms. The molecule has 0 amide bonds. The van der Waals surface area contributed by atoms with Crippen molar-refractivity contribution in [2.75, 3.05) is 13.2 Å². The third-order valence-corrected chi connectivity index (χ3v) is 5.05. The molecule has 0 bridgehead atoms.